The fourth-order valence-corrected chi connectivity index (χ4v) is 5.87. The summed E-state index contributed by atoms with van der Waals surface area (Å²) in [6.45, 7) is 2.21. The molecule has 3 saturated carbocycles. The van der Waals surface area contributed by atoms with Gasteiger partial charge < -0.3 is 20.7 Å². The summed E-state index contributed by atoms with van der Waals surface area (Å²) in [6.07, 6.45) is 6.59. The summed E-state index contributed by atoms with van der Waals surface area (Å²) in [5.41, 5.74) is 3.39. The van der Waals surface area contributed by atoms with E-state index in [0.717, 1.165) is 32.2 Å². The molecule has 2 aliphatic heterocycles. The van der Waals surface area contributed by atoms with Gasteiger partial charge in [-0.1, -0.05) is 11.6 Å². The van der Waals surface area contributed by atoms with Crippen LogP contribution in [0.15, 0.2) is 18.2 Å². The molecule has 0 spiro atoms. The van der Waals surface area contributed by atoms with E-state index in [-0.39, 0.29) is 47.2 Å². The van der Waals surface area contributed by atoms with Crippen LogP contribution in [0.25, 0.3) is 0 Å². The van der Waals surface area contributed by atoms with E-state index in [9.17, 15) is 14.0 Å². The Morgan fingerprint density at radius 3 is 2.68 bits per heavy atom. The van der Waals surface area contributed by atoms with Crippen molar-refractivity contribution in [3.05, 3.63) is 29.0 Å². The van der Waals surface area contributed by atoms with Gasteiger partial charge in [0.05, 0.1) is 17.1 Å². The van der Waals surface area contributed by atoms with Crippen LogP contribution in [0.2, 0.25) is 5.02 Å². The van der Waals surface area contributed by atoms with Crippen molar-refractivity contribution >= 4 is 23.4 Å². The Kier molecular flexibility index (Phi) is 7.24. The second kappa shape index (κ2) is 10.4. The van der Waals surface area contributed by atoms with Crippen LogP contribution in [-0.2, 0) is 9.59 Å². The molecule has 10 heteroatoms. The molecule has 1 aromatic carbocycles. The van der Waals surface area contributed by atoms with Gasteiger partial charge in [-0.25, -0.2) is 9.40 Å². The van der Waals surface area contributed by atoms with E-state index >= 15 is 0 Å². The summed E-state index contributed by atoms with van der Waals surface area (Å²) in [6, 6.07) is 4.19. The first-order valence-corrected chi connectivity index (χ1v) is 12.7. The molecular formula is C24H33ClFN5O3. The van der Waals surface area contributed by atoms with E-state index in [2.05, 4.69) is 26.4 Å². The molecule has 34 heavy (non-hydrogen) atoms. The molecule has 4 unspecified atom stereocenters. The molecule has 4 N–H and O–H groups in total. The van der Waals surface area contributed by atoms with Crippen LogP contribution in [-0.4, -0.2) is 61.3 Å². The highest BCUT2D eigenvalue weighted by Gasteiger charge is 2.47. The number of hydrogen-bond acceptors (Lipinski definition) is 6. The Morgan fingerprint density at radius 1 is 1.15 bits per heavy atom. The van der Waals surface area contributed by atoms with Gasteiger partial charge in [0.1, 0.15) is 11.6 Å². The first kappa shape index (κ1) is 23.8. The Hall–Kier alpha value is -1.94. The van der Waals surface area contributed by atoms with Gasteiger partial charge in [0.15, 0.2) is 6.61 Å². The van der Waals surface area contributed by atoms with E-state index in [4.69, 9.17) is 16.3 Å². The fourth-order valence-electron chi connectivity index (χ4n) is 5.75. The van der Waals surface area contributed by atoms with Gasteiger partial charge in [0.2, 0.25) is 5.91 Å². The molecule has 8 nitrogen and oxygen atoms in total. The number of ether oxygens (including phenoxy) is 1. The Bertz CT molecular complexity index is 909. The summed E-state index contributed by atoms with van der Waals surface area (Å²) in [7, 11) is 0. The summed E-state index contributed by atoms with van der Waals surface area (Å²) in [4.78, 5) is 25.5. The highest BCUT2D eigenvalue weighted by Crippen LogP contribution is 2.45. The van der Waals surface area contributed by atoms with Crippen molar-refractivity contribution in [3.8, 4) is 5.75 Å². The number of carbonyl (C=O) groups is 2. The van der Waals surface area contributed by atoms with E-state index in [1.807, 2.05) is 0 Å². The average Bonchev–Trinajstić information content (AvgIpc) is 3.30. The maximum atomic E-state index is 13.6. The third kappa shape index (κ3) is 5.32. The molecule has 5 fully saturated rings. The predicted octanol–water partition coefficient (Wildman–Crippen LogP) is 1.79. The SMILES string of the molecule is O=C(COc1ccc(Cl)c(F)c1)NC1CC(NC(=O)C2CNN(C3CCCCN3)C2)C2CC1C2. The van der Waals surface area contributed by atoms with Gasteiger partial charge in [0, 0.05) is 31.2 Å². The molecule has 2 saturated heterocycles. The molecule has 2 amide bonds. The number of hydrazine groups is 1. The molecule has 3 aliphatic carbocycles. The lowest BCUT2D eigenvalue weighted by molar-refractivity contribution is -0.128. The second-order valence-corrected chi connectivity index (χ2v) is 10.5. The van der Waals surface area contributed by atoms with Gasteiger partial charge in [-0.05, 0) is 69.0 Å². The van der Waals surface area contributed by atoms with Gasteiger partial charge in [-0.2, -0.15) is 0 Å². The molecule has 2 heterocycles. The van der Waals surface area contributed by atoms with Gasteiger partial charge >= 0.3 is 0 Å². The van der Waals surface area contributed by atoms with Crippen molar-refractivity contribution < 1.29 is 18.7 Å². The second-order valence-electron chi connectivity index (χ2n) is 10.1. The highest BCUT2D eigenvalue weighted by molar-refractivity contribution is 6.30. The summed E-state index contributed by atoms with van der Waals surface area (Å²) in [5, 5.41) is 12.1. The summed E-state index contributed by atoms with van der Waals surface area (Å²) in [5.74, 6) is 0.393. The maximum absolute atomic E-state index is 13.6. The molecule has 5 aliphatic rings. The van der Waals surface area contributed by atoms with E-state index in [1.165, 1.54) is 31.0 Å². The summed E-state index contributed by atoms with van der Waals surface area (Å²) >= 11 is 5.68. The standard InChI is InChI=1S/C24H33ClFN5O3/c25-18-5-4-17(9-19(18)26)34-13-23(32)29-20-10-21(15-7-14(20)8-15)30-24(33)16-11-28-31(12-16)22-3-1-2-6-27-22/h4-5,9,14-16,20-22,27-28H,1-3,6-8,10-13H2,(H,29,32)(H,30,33). The largest absolute Gasteiger partial charge is 0.484 e. The van der Waals surface area contributed by atoms with Crippen LogP contribution in [0.5, 0.6) is 5.75 Å². The first-order valence-electron chi connectivity index (χ1n) is 12.4. The summed E-state index contributed by atoms with van der Waals surface area (Å²) < 4.78 is 19.0. The number of benzene rings is 1. The number of piperidine rings is 1. The maximum Gasteiger partial charge on any atom is 0.258 e. The molecule has 1 aromatic rings. The number of hydrogen-bond donors (Lipinski definition) is 4. The Balaban J connectivity index is 1.08. The topological polar surface area (TPSA) is 94.7 Å². The highest BCUT2D eigenvalue weighted by atomic mass is 35.5. The number of nitrogens with zero attached hydrogens (tertiary/aromatic N) is 1. The zero-order valence-corrected chi connectivity index (χ0v) is 20.0. The Labute approximate surface area is 204 Å². The van der Waals surface area contributed by atoms with Crippen molar-refractivity contribution in [3.63, 3.8) is 0 Å². The number of carbonyl (C=O) groups excluding carboxylic acids is 2. The number of halogens is 2. The average molecular weight is 494 g/mol. The van der Waals surface area contributed by atoms with Crippen molar-refractivity contribution in [2.45, 2.75) is 56.8 Å². The number of amides is 2. The first-order chi connectivity index (χ1) is 16.5. The minimum atomic E-state index is -0.582. The lowest BCUT2D eigenvalue weighted by Gasteiger charge is -2.51. The third-order valence-electron chi connectivity index (χ3n) is 7.78. The minimum Gasteiger partial charge on any atom is -0.484 e. The molecular weight excluding hydrogens is 461 g/mol. The van der Waals surface area contributed by atoms with Crippen LogP contribution in [0.4, 0.5) is 4.39 Å². The van der Waals surface area contributed by atoms with Gasteiger partial charge in [0.25, 0.3) is 5.91 Å². The van der Waals surface area contributed by atoms with Crippen LogP contribution >= 0.6 is 11.6 Å². The lowest BCUT2D eigenvalue weighted by Crippen LogP contribution is -2.60. The van der Waals surface area contributed by atoms with Crippen molar-refractivity contribution in [2.24, 2.45) is 17.8 Å². The molecule has 2 bridgehead atoms. The van der Waals surface area contributed by atoms with Crippen molar-refractivity contribution in [1.82, 2.24) is 26.4 Å². The lowest BCUT2D eigenvalue weighted by atomic mass is 9.60. The molecule has 0 aromatic heterocycles. The predicted molar refractivity (Wildman–Crippen MR) is 125 cm³/mol. The normalized spacial score (nSPS) is 33.1. The number of rotatable bonds is 7. The molecule has 0 radical (unpaired) electrons. The fraction of sp³-hybridized carbons (Fsp3) is 0.667. The van der Waals surface area contributed by atoms with Gasteiger partial charge in [-0.3, -0.25) is 15.0 Å². The minimum absolute atomic E-state index is 0.0120. The Morgan fingerprint density at radius 2 is 1.94 bits per heavy atom. The molecule has 6 rings (SSSR count). The van der Waals surface area contributed by atoms with Crippen molar-refractivity contribution in [2.75, 3.05) is 26.2 Å². The molecule has 4 atom stereocenters. The van der Waals surface area contributed by atoms with Crippen LogP contribution in [0, 0.1) is 23.6 Å². The monoisotopic (exact) mass is 493 g/mol. The van der Waals surface area contributed by atoms with Gasteiger partial charge in [-0.15, -0.1) is 0 Å². The molecule has 186 valence electrons. The van der Waals surface area contributed by atoms with Crippen LogP contribution in [0.1, 0.15) is 38.5 Å². The zero-order valence-electron chi connectivity index (χ0n) is 19.2. The van der Waals surface area contributed by atoms with Crippen LogP contribution in [0.3, 0.4) is 0 Å². The zero-order chi connectivity index (χ0) is 23.7. The van der Waals surface area contributed by atoms with E-state index in [1.54, 1.807) is 0 Å². The number of fused-ring (bicyclic) bond motifs is 2. The van der Waals surface area contributed by atoms with E-state index in [0.29, 0.717) is 31.1 Å². The quantitative estimate of drug-likeness (QED) is 0.463. The van der Waals surface area contributed by atoms with Crippen LogP contribution < -0.4 is 26.1 Å². The van der Waals surface area contributed by atoms with E-state index < -0.39 is 5.82 Å². The van der Waals surface area contributed by atoms with Crippen molar-refractivity contribution in [1.29, 1.82) is 0 Å². The third-order valence-corrected chi connectivity index (χ3v) is 8.09. The number of nitrogens with one attached hydrogen (secondary N) is 4. The smallest absolute Gasteiger partial charge is 0.258 e.